The first-order valence-electron chi connectivity index (χ1n) is 13.3. The Balaban J connectivity index is 1.72. The maximum Gasteiger partial charge on any atom is 0.396 e. The zero-order valence-electron chi connectivity index (χ0n) is 21.3. The molecule has 3 saturated heterocycles. The van der Waals surface area contributed by atoms with Gasteiger partial charge in [-0.15, -0.1) is 23.2 Å². The van der Waals surface area contributed by atoms with Gasteiger partial charge in [0.2, 0.25) is 0 Å². The molecule has 0 amide bonds. The minimum absolute atomic E-state index is 0.0412. The highest BCUT2D eigenvalue weighted by Crippen LogP contribution is 2.60. The third kappa shape index (κ3) is 6.24. The number of hydrogen-bond donors (Lipinski definition) is 0. The fourth-order valence-electron chi connectivity index (χ4n) is 6.63. The van der Waals surface area contributed by atoms with E-state index in [9.17, 15) is 4.79 Å². The van der Waals surface area contributed by atoms with Crippen LogP contribution in [-0.4, -0.2) is 83.9 Å². The number of carbonyl (C=O) groups is 1. The highest BCUT2D eigenvalue weighted by atomic mass is 35.5. The average molecular weight is 561 g/mol. The van der Waals surface area contributed by atoms with Gasteiger partial charge in [0.1, 0.15) is 5.75 Å². The van der Waals surface area contributed by atoms with Crippen LogP contribution in [0.2, 0.25) is 0 Å². The van der Waals surface area contributed by atoms with E-state index in [4.69, 9.17) is 32.5 Å². The van der Waals surface area contributed by atoms with E-state index < -0.39 is 7.67 Å². The molecule has 5 atom stereocenters. The van der Waals surface area contributed by atoms with E-state index in [1.54, 1.807) is 0 Å². The van der Waals surface area contributed by atoms with Crippen molar-refractivity contribution in [2.45, 2.75) is 57.0 Å². The largest absolute Gasteiger partial charge is 0.469 e. The molecule has 36 heavy (non-hydrogen) atoms. The molecule has 0 radical (unpaired) electrons. The summed E-state index contributed by atoms with van der Waals surface area (Å²) in [6, 6.07) is 9.97. The smallest absolute Gasteiger partial charge is 0.396 e. The Morgan fingerprint density at radius 1 is 1.11 bits per heavy atom. The lowest BCUT2D eigenvalue weighted by Gasteiger charge is -2.58. The van der Waals surface area contributed by atoms with E-state index in [0.717, 1.165) is 38.8 Å². The summed E-state index contributed by atoms with van der Waals surface area (Å²) < 4.78 is 30.7. The quantitative estimate of drug-likeness (QED) is 0.191. The molecule has 3 heterocycles. The van der Waals surface area contributed by atoms with Crippen LogP contribution in [0.15, 0.2) is 30.3 Å². The molecule has 0 spiro atoms. The molecule has 10 heteroatoms. The minimum Gasteiger partial charge on any atom is -0.469 e. The molecule has 0 aromatic heterocycles. The summed E-state index contributed by atoms with van der Waals surface area (Å²) in [6.07, 6.45) is 6.39. The highest BCUT2D eigenvalue weighted by Gasteiger charge is 2.55. The lowest BCUT2D eigenvalue weighted by Crippen LogP contribution is -2.64. The number of carbonyl (C=O) groups excluding carboxylic acids is 1. The number of benzene rings is 1. The second-order valence-electron chi connectivity index (χ2n) is 10.1. The number of piperidine rings is 3. The molecule has 0 saturated carbocycles. The number of halogens is 2. The van der Waals surface area contributed by atoms with Crippen molar-refractivity contribution in [3.05, 3.63) is 30.3 Å². The number of rotatable bonds is 12. The van der Waals surface area contributed by atoms with Gasteiger partial charge in [0, 0.05) is 49.9 Å². The third-order valence-corrected chi connectivity index (χ3v) is 11.1. The lowest BCUT2D eigenvalue weighted by molar-refractivity contribution is -0.140. The summed E-state index contributed by atoms with van der Waals surface area (Å²) in [4.78, 5) is 14.6. The van der Waals surface area contributed by atoms with Crippen molar-refractivity contribution in [2.24, 2.45) is 11.8 Å². The molecule has 3 aliphatic heterocycles. The molecule has 0 aliphatic carbocycles. The van der Waals surface area contributed by atoms with Crippen LogP contribution in [0.3, 0.4) is 0 Å². The molecule has 3 aliphatic rings. The van der Waals surface area contributed by atoms with Crippen LogP contribution in [0.1, 0.15) is 44.9 Å². The van der Waals surface area contributed by atoms with E-state index in [-0.39, 0.29) is 12.0 Å². The van der Waals surface area contributed by atoms with Gasteiger partial charge >= 0.3 is 13.6 Å². The molecule has 0 bridgehead atoms. The Morgan fingerprint density at radius 3 is 2.47 bits per heavy atom. The van der Waals surface area contributed by atoms with Gasteiger partial charge in [-0.05, 0) is 75.6 Å². The van der Waals surface area contributed by atoms with Gasteiger partial charge in [0.05, 0.1) is 7.11 Å². The maximum atomic E-state index is 15.2. The molecule has 3 fully saturated rings. The fourth-order valence-corrected chi connectivity index (χ4v) is 10.0. The summed E-state index contributed by atoms with van der Waals surface area (Å²) in [5, 5.41) is 0. The maximum absolute atomic E-state index is 15.2. The predicted molar refractivity (Wildman–Crippen MR) is 145 cm³/mol. The van der Waals surface area contributed by atoms with Crippen molar-refractivity contribution in [2.75, 3.05) is 51.6 Å². The van der Waals surface area contributed by atoms with E-state index in [2.05, 4.69) is 9.57 Å². The van der Waals surface area contributed by atoms with Gasteiger partial charge < -0.3 is 9.26 Å². The Labute approximate surface area is 225 Å². The van der Waals surface area contributed by atoms with Gasteiger partial charge in [-0.3, -0.25) is 9.69 Å². The third-order valence-electron chi connectivity index (χ3n) is 8.09. The number of esters is 1. The molecule has 202 valence electrons. The second-order valence-corrected chi connectivity index (χ2v) is 13.1. The summed E-state index contributed by atoms with van der Waals surface area (Å²) in [7, 11) is -2.10. The first kappa shape index (κ1) is 28.2. The van der Waals surface area contributed by atoms with Crippen LogP contribution in [-0.2, 0) is 14.1 Å². The molecular weight excluding hydrogens is 520 g/mol. The van der Waals surface area contributed by atoms with E-state index >= 15 is 4.57 Å². The van der Waals surface area contributed by atoms with Crippen molar-refractivity contribution >= 4 is 36.8 Å². The zero-order chi connectivity index (χ0) is 25.5. The fraction of sp³-hybridized carbons (Fsp3) is 0.731. The van der Waals surface area contributed by atoms with E-state index in [0.29, 0.717) is 67.9 Å². The van der Waals surface area contributed by atoms with Crippen LogP contribution >= 0.6 is 30.9 Å². The first-order valence-corrected chi connectivity index (χ1v) is 15.9. The van der Waals surface area contributed by atoms with Gasteiger partial charge in [-0.25, -0.2) is 13.9 Å². The summed E-state index contributed by atoms with van der Waals surface area (Å²) in [5.74, 6) is 1.89. The minimum atomic E-state index is -3.53. The Hall–Kier alpha value is -0.820. The van der Waals surface area contributed by atoms with Gasteiger partial charge in [0.25, 0.3) is 0 Å². The standard InChI is InChI=1S/C26H40Cl2N3O4P/c1-34-25(32)13-5-12-24-23-11-7-17-29-16-6-8-21(26(23)29)20-31(24)36(33,30(18-14-27)19-15-28)35-22-9-3-2-4-10-22/h2-4,9-10,21,23-24,26H,5-8,11-20H2,1H3/t21-,23-,24?,26+,36?/m1/s1. The van der Waals surface area contributed by atoms with Crippen molar-refractivity contribution in [1.29, 1.82) is 0 Å². The number of ether oxygens (including phenoxy) is 1. The second kappa shape index (κ2) is 13.3. The molecule has 0 N–H and O–H groups in total. The SMILES string of the molecule is COC(=O)CCCC1[C@H]2CCCN3CCC[C@H](CN1P(=O)(Oc1ccccc1)N(CCCl)CCCl)[C@@H]23. The highest BCUT2D eigenvalue weighted by molar-refractivity contribution is 7.54. The first-order chi connectivity index (χ1) is 17.5. The molecule has 1 aromatic rings. The molecule has 2 unspecified atom stereocenters. The molecule has 7 nitrogen and oxygen atoms in total. The van der Waals surface area contributed by atoms with Gasteiger partial charge in [-0.2, -0.15) is 0 Å². The van der Waals surface area contributed by atoms with E-state index in [1.165, 1.54) is 13.5 Å². The molecule has 1 aromatic carbocycles. The Bertz CT molecular complexity index is 887. The Morgan fingerprint density at radius 2 is 1.81 bits per heavy atom. The number of nitrogens with zero attached hydrogens (tertiary/aromatic N) is 3. The summed E-state index contributed by atoms with van der Waals surface area (Å²) >= 11 is 12.4. The summed E-state index contributed by atoms with van der Waals surface area (Å²) in [6.45, 7) is 3.86. The van der Waals surface area contributed by atoms with Gasteiger partial charge in [0.15, 0.2) is 0 Å². The number of hydrogen-bond acceptors (Lipinski definition) is 5. The van der Waals surface area contributed by atoms with Crippen LogP contribution < -0.4 is 4.52 Å². The monoisotopic (exact) mass is 559 g/mol. The number of para-hydroxylation sites is 1. The number of methoxy groups -OCH3 is 1. The molecule has 4 rings (SSSR count). The van der Waals surface area contributed by atoms with Crippen LogP contribution in [0.25, 0.3) is 0 Å². The predicted octanol–water partition coefficient (Wildman–Crippen LogP) is 5.47. The van der Waals surface area contributed by atoms with Crippen LogP contribution in [0.5, 0.6) is 5.75 Å². The van der Waals surface area contributed by atoms with Crippen molar-refractivity contribution in [1.82, 2.24) is 14.2 Å². The van der Waals surface area contributed by atoms with Crippen molar-refractivity contribution in [3.8, 4) is 5.75 Å². The average Bonchev–Trinajstić information content (AvgIpc) is 2.90. The van der Waals surface area contributed by atoms with Gasteiger partial charge in [-0.1, -0.05) is 18.2 Å². The van der Waals surface area contributed by atoms with Crippen LogP contribution in [0, 0.1) is 11.8 Å². The molecular formula is C26H40Cl2N3O4P. The Kier molecular flexibility index (Phi) is 10.4. The zero-order valence-corrected chi connectivity index (χ0v) is 23.7. The van der Waals surface area contributed by atoms with Crippen LogP contribution in [0.4, 0.5) is 0 Å². The van der Waals surface area contributed by atoms with Crippen molar-refractivity contribution < 1.29 is 18.6 Å². The topological polar surface area (TPSA) is 62.3 Å². The lowest BCUT2D eigenvalue weighted by atomic mass is 9.70. The summed E-state index contributed by atoms with van der Waals surface area (Å²) in [5.41, 5.74) is 0. The van der Waals surface area contributed by atoms with E-state index in [1.807, 2.05) is 35.0 Å². The van der Waals surface area contributed by atoms with Crippen molar-refractivity contribution in [3.63, 3.8) is 0 Å². The number of alkyl halides is 2. The normalized spacial score (nSPS) is 28.3.